The highest BCUT2D eigenvalue weighted by Crippen LogP contribution is 2.40. The Morgan fingerprint density at radius 2 is 1.71 bits per heavy atom. The van der Waals surface area contributed by atoms with Crippen molar-refractivity contribution in [3.63, 3.8) is 0 Å². The van der Waals surface area contributed by atoms with Crippen LogP contribution in [0.25, 0.3) is 6.08 Å². The van der Waals surface area contributed by atoms with Crippen molar-refractivity contribution in [2.75, 3.05) is 7.11 Å². The third kappa shape index (κ3) is 6.16. The first-order valence-corrected chi connectivity index (χ1v) is 13.9. The Morgan fingerprint density at radius 1 is 1.03 bits per heavy atom. The third-order valence-corrected chi connectivity index (χ3v) is 8.02. The summed E-state index contributed by atoms with van der Waals surface area (Å²) in [6.07, 6.45) is 1.66. The Kier molecular flexibility index (Phi) is 7.70. The minimum Gasteiger partial charge on any atom is -0.493 e. The number of carbonyl (C=O) groups excluding carboxylic acids is 1. The number of hydrogen-bond acceptors (Lipinski definition) is 7. The quantitative estimate of drug-likeness (QED) is 0.256. The molecule has 1 amide bonds. The van der Waals surface area contributed by atoms with Crippen molar-refractivity contribution in [3.8, 4) is 11.5 Å². The lowest BCUT2D eigenvalue weighted by Gasteiger charge is -2.13. The van der Waals surface area contributed by atoms with E-state index in [1.54, 1.807) is 30.3 Å². The molecule has 7 nitrogen and oxygen atoms in total. The fourth-order valence-corrected chi connectivity index (χ4v) is 5.74. The van der Waals surface area contributed by atoms with E-state index in [9.17, 15) is 13.2 Å². The number of halogens is 2. The van der Waals surface area contributed by atoms with Gasteiger partial charge in [-0.05, 0) is 94.8 Å². The van der Waals surface area contributed by atoms with Crippen LogP contribution in [-0.2, 0) is 14.9 Å². The summed E-state index contributed by atoms with van der Waals surface area (Å²) in [4.78, 5) is 17.4. The van der Waals surface area contributed by atoms with Gasteiger partial charge in [0, 0.05) is 4.47 Å². The van der Waals surface area contributed by atoms with Gasteiger partial charge >= 0.3 is 10.1 Å². The number of benzene rings is 3. The molecule has 11 heteroatoms. The molecule has 3 aromatic rings. The maximum Gasteiger partial charge on any atom is 0.339 e. The van der Waals surface area contributed by atoms with E-state index in [0.717, 1.165) is 10.0 Å². The highest BCUT2D eigenvalue weighted by Gasteiger charge is 2.25. The number of nitrogens with one attached hydrogen (secondary N) is 1. The van der Waals surface area contributed by atoms with E-state index in [1.807, 2.05) is 31.2 Å². The fourth-order valence-electron chi connectivity index (χ4n) is 3.03. The van der Waals surface area contributed by atoms with Gasteiger partial charge in [-0.1, -0.05) is 33.6 Å². The normalized spacial score (nSPS) is 15.9. The maximum atomic E-state index is 12.8. The van der Waals surface area contributed by atoms with E-state index >= 15 is 0 Å². The summed E-state index contributed by atoms with van der Waals surface area (Å²) in [6, 6.07) is 17.0. The summed E-state index contributed by atoms with van der Waals surface area (Å²) in [5.41, 5.74) is 2.24. The lowest BCUT2D eigenvalue weighted by atomic mass is 10.2. The second-order valence-corrected chi connectivity index (χ2v) is 11.7. The first-order chi connectivity index (χ1) is 16.6. The Morgan fingerprint density at radius 3 is 2.37 bits per heavy atom. The molecule has 1 aliphatic heterocycles. The second kappa shape index (κ2) is 10.6. The topological polar surface area (TPSA) is 94.1 Å². The molecule has 0 spiro atoms. The number of ether oxygens (including phenoxy) is 1. The van der Waals surface area contributed by atoms with Crippen LogP contribution in [0.2, 0.25) is 0 Å². The molecule has 1 aliphatic rings. The first kappa shape index (κ1) is 25.5. The number of carbonyl (C=O) groups is 1. The second-order valence-electron chi connectivity index (χ2n) is 7.34. The molecule has 1 fully saturated rings. The van der Waals surface area contributed by atoms with Crippen LogP contribution in [0.4, 0.5) is 5.69 Å². The number of hydrogen-bond donors (Lipinski definition) is 1. The smallest absolute Gasteiger partial charge is 0.339 e. The summed E-state index contributed by atoms with van der Waals surface area (Å²) >= 11 is 7.95. The first-order valence-electron chi connectivity index (χ1n) is 10.1. The zero-order chi connectivity index (χ0) is 25.2. The van der Waals surface area contributed by atoms with Gasteiger partial charge in [-0.25, -0.2) is 4.99 Å². The van der Waals surface area contributed by atoms with E-state index in [1.165, 1.54) is 31.0 Å². The minimum absolute atomic E-state index is 0.0104. The molecule has 1 heterocycles. The monoisotopic (exact) mass is 636 g/mol. The lowest BCUT2D eigenvalue weighted by Crippen LogP contribution is -2.19. The number of aliphatic imine (C=N–C) groups is 1. The average Bonchev–Trinajstić information content (AvgIpc) is 3.15. The Hall–Kier alpha value is -2.60. The van der Waals surface area contributed by atoms with Gasteiger partial charge in [0.1, 0.15) is 4.90 Å². The zero-order valence-electron chi connectivity index (χ0n) is 18.4. The highest BCUT2D eigenvalue weighted by atomic mass is 79.9. The number of amidine groups is 1. The molecular weight excluding hydrogens is 620 g/mol. The molecule has 0 radical (unpaired) electrons. The number of methoxy groups -OCH3 is 1. The largest absolute Gasteiger partial charge is 0.493 e. The molecular formula is C24H18Br2N2O5S2. The van der Waals surface area contributed by atoms with Gasteiger partial charge in [0.25, 0.3) is 5.91 Å². The van der Waals surface area contributed by atoms with E-state index in [0.29, 0.717) is 25.8 Å². The number of thioether (sulfide) groups is 1. The average molecular weight is 638 g/mol. The summed E-state index contributed by atoms with van der Waals surface area (Å²) in [5, 5.41) is 3.20. The molecule has 0 aliphatic carbocycles. The minimum atomic E-state index is -4.08. The molecule has 0 bridgehead atoms. The molecule has 0 atom stereocenters. The Balaban J connectivity index is 1.60. The summed E-state index contributed by atoms with van der Waals surface area (Å²) < 4.78 is 37.6. The molecule has 3 aromatic carbocycles. The van der Waals surface area contributed by atoms with E-state index in [2.05, 4.69) is 42.2 Å². The van der Waals surface area contributed by atoms with Crippen molar-refractivity contribution in [1.29, 1.82) is 0 Å². The van der Waals surface area contributed by atoms with Gasteiger partial charge in [-0.3, -0.25) is 4.79 Å². The number of amides is 1. The van der Waals surface area contributed by atoms with Crippen molar-refractivity contribution >= 4 is 76.6 Å². The summed E-state index contributed by atoms with van der Waals surface area (Å²) in [7, 11) is -2.67. The predicted molar refractivity (Wildman–Crippen MR) is 145 cm³/mol. The zero-order valence-corrected chi connectivity index (χ0v) is 23.2. The van der Waals surface area contributed by atoms with Crippen LogP contribution in [-0.4, -0.2) is 26.6 Å². The van der Waals surface area contributed by atoms with Crippen molar-refractivity contribution in [1.82, 2.24) is 5.32 Å². The molecule has 0 aromatic heterocycles. The van der Waals surface area contributed by atoms with Gasteiger partial charge in [0.2, 0.25) is 0 Å². The molecule has 0 unspecified atom stereocenters. The number of rotatable bonds is 6. The van der Waals surface area contributed by atoms with E-state index in [-0.39, 0.29) is 22.3 Å². The summed E-state index contributed by atoms with van der Waals surface area (Å²) in [6.45, 7) is 1.86. The van der Waals surface area contributed by atoms with E-state index in [4.69, 9.17) is 8.92 Å². The van der Waals surface area contributed by atoms with Crippen molar-refractivity contribution < 1.29 is 22.1 Å². The van der Waals surface area contributed by atoms with Gasteiger partial charge < -0.3 is 14.2 Å². The van der Waals surface area contributed by atoms with Crippen LogP contribution in [0.15, 0.2) is 84.4 Å². The molecule has 1 saturated heterocycles. The van der Waals surface area contributed by atoms with Crippen LogP contribution >= 0.6 is 43.6 Å². The van der Waals surface area contributed by atoms with Crippen LogP contribution in [0, 0.1) is 6.92 Å². The molecule has 4 rings (SSSR count). The van der Waals surface area contributed by atoms with Crippen molar-refractivity contribution in [3.05, 3.63) is 85.6 Å². The summed E-state index contributed by atoms with van der Waals surface area (Å²) in [5.74, 6) is -0.0893. The van der Waals surface area contributed by atoms with Gasteiger partial charge in [-0.2, -0.15) is 8.42 Å². The fraction of sp³-hybridized carbons (Fsp3) is 0.0833. The van der Waals surface area contributed by atoms with Crippen LogP contribution in [0.5, 0.6) is 11.5 Å². The third-order valence-electron chi connectivity index (χ3n) is 4.76. The Bertz CT molecular complexity index is 1450. The van der Waals surface area contributed by atoms with Crippen LogP contribution in [0.3, 0.4) is 0 Å². The maximum absolute atomic E-state index is 12.8. The van der Waals surface area contributed by atoms with Crippen molar-refractivity contribution in [2.24, 2.45) is 4.99 Å². The highest BCUT2D eigenvalue weighted by molar-refractivity contribution is 9.10. The molecule has 0 saturated carbocycles. The number of nitrogens with zero attached hydrogens (tertiary/aromatic N) is 1. The number of aryl methyl sites for hydroxylation is 1. The standard InChI is InChI=1S/C24H18Br2N2O5S2/c1-14-3-9-18(10-4-14)35(30,31)33-22-19(26)11-15(12-20(22)32-2)13-21-23(29)28-24(34-21)27-17-7-5-16(25)6-8-17/h3-13H,1-2H3,(H,27,28,29)/b21-13+. The van der Waals surface area contributed by atoms with Gasteiger partial charge in [-0.15, -0.1) is 0 Å². The Labute approximate surface area is 224 Å². The predicted octanol–water partition coefficient (Wildman–Crippen LogP) is 6.19. The molecule has 35 heavy (non-hydrogen) atoms. The SMILES string of the molecule is COc1cc(/C=C2/SC(=Nc3ccc(Br)cc3)NC2=O)cc(Br)c1OS(=O)(=O)c1ccc(C)cc1. The van der Waals surface area contributed by atoms with Crippen LogP contribution in [0.1, 0.15) is 11.1 Å². The molecule has 180 valence electrons. The van der Waals surface area contributed by atoms with Crippen LogP contribution < -0.4 is 14.2 Å². The van der Waals surface area contributed by atoms with Gasteiger partial charge in [0.15, 0.2) is 16.7 Å². The lowest BCUT2D eigenvalue weighted by molar-refractivity contribution is -0.115. The molecule has 1 N–H and O–H groups in total. The van der Waals surface area contributed by atoms with E-state index < -0.39 is 10.1 Å². The van der Waals surface area contributed by atoms with Gasteiger partial charge in [0.05, 0.1) is 22.2 Å². The van der Waals surface area contributed by atoms with Crippen molar-refractivity contribution in [2.45, 2.75) is 11.8 Å².